The highest BCUT2D eigenvalue weighted by Gasteiger charge is 2.06. The van der Waals surface area contributed by atoms with Gasteiger partial charge in [-0.25, -0.2) is 0 Å². The number of nitrogen functional groups attached to an aromatic ring is 2. The molecule has 0 fully saturated rings. The number of aryl methyl sites for hydroxylation is 1. The van der Waals surface area contributed by atoms with E-state index in [4.69, 9.17) is 16.0 Å². The molecule has 0 amide bonds. The smallest absolute Gasteiger partial charge is 0.294 e. The Kier molecular flexibility index (Phi) is 4.91. The van der Waals surface area contributed by atoms with E-state index < -0.39 is 10.1 Å². The van der Waals surface area contributed by atoms with E-state index in [1.165, 1.54) is 29.8 Å². The van der Waals surface area contributed by atoms with Crippen LogP contribution in [0.1, 0.15) is 5.56 Å². The van der Waals surface area contributed by atoms with E-state index in [-0.39, 0.29) is 4.90 Å². The molecule has 2 aromatic carbocycles. The second kappa shape index (κ2) is 6.21. The Morgan fingerprint density at radius 1 is 0.947 bits per heavy atom. The second-order valence-electron chi connectivity index (χ2n) is 3.96. The summed E-state index contributed by atoms with van der Waals surface area (Å²) in [6.07, 6.45) is 0. The molecule has 0 aliphatic heterocycles. The summed E-state index contributed by atoms with van der Waals surface area (Å²) in [4.78, 5) is -0.147. The van der Waals surface area contributed by atoms with Crippen LogP contribution in [0.15, 0.2) is 53.4 Å². The number of rotatable bonds is 1. The zero-order chi connectivity index (χ0) is 14.5. The van der Waals surface area contributed by atoms with Crippen LogP contribution in [-0.4, -0.2) is 13.0 Å². The van der Waals surface area contributed by atoms with Crippen LogP contribution in [0.5, 0.6) is 0 Å². The summed E-state index contributed by atoms with van der Waals surface area (Å²) in [5.41, 5.74) is 13.3. The van der Waals surface area contributed by atoms with Crippen molar-refractivity contribution in [2.45, 2.75) is 11.8 Å². The minimum atomic E-state index is -4.08. The van der Waals surface area contributed by atoms with Crippen LogP contribution in [0.3, 0.4) is 0 Å². The van der Waals surface area contributed by atoms with Crippen LogP contribution in [0.4, 0.5) is 11.4 Å². The molecule has 0 bridgehead atoms. The normalized spacial score (nSPS) is 10.4. The van der Waals surface area contributed by atoms with Crippen molar-refractivity contribution in [3.05, 3.63) is 54.1 Å². The molecule has 0 radical (unpaired) electrons. The van der Waals surface area contributed by atoms with Gasteiger partial charge in [-0.1, -0.05) is 12.1 Å². The summed E-state index contributed by atoms with van der Waals surface area (Å²) >= 11 is 0. The Morgan fingerprint density at radius 3 is 1.89 bits per heavy atom. The Morgan fingerprint density at radius 2 is 1.53 bits per heavy atom. The maximum absolute atomic E-state index is 10.5. The molecular formula is C13H16N2O3S. The molecule has 0 aliphatic rings. The van der Waals surface area contributed by atoms with Gasteiger partial charge in [0.2, 0.25) is 0 Å². The summed E-state index contributed by atoms with van der Waals surface area (Å²) in [6.45, 7) is 2.02. The molecule has 2 aromatic rings. The third kappa shape index (κ3) is 5.41. The Labute approximate surface area is 112 Å². The van der Waals surface area contributed by atoms with Gasteiger partial charge in [0.25, 0.3) is 10.1 Å². The van der Waals surface area contributed by atoms with Gasteiger partial charge in [-0.05, 0) is 48.9 Å². The first-order chi connectivity index (χ1) is 8.79. The van der Waals surface area contributed by atoms with E-state index in [1.54, 1.807) is 0 Å². The first-order valence-electron chi connectivity index (χ1n) is 5.44. The maximum Gasteiger partial charge on any atom is 0.294 e. The van der Waals surface area contributed by atoms with Crippen molar-refractivity contribution in [1.82, 2.24) is 0 Å². The van der Waals surface area contributed by atoms with E-state index in [2.05, 4.69) is 0 Å². The lowest BCUT2D eigenvalue weighted by molar-refractivity contribution is 0.483. The largest absolute Gasteiger partial charge is 0.399 e. The molecule has 5 N–H and O–H groups in total. The predicted octanol–water partition coefficient (Wildman–Crippen LogP) is 2.09. The van der Waals surface area contributed by atoms with Crippen LogP contribution in [0.2, 0.25) is 0 Å². The maximum atomic E-state index is 10.5. The molecule has 0 unspecified atom stereocenters. The first-order valence-corrected chi connectivity index (χ1v) is 6.88. The van der Waals surface area contributed by atoms with Gasteiger partial charge in [0, 0.05) is 11.4 Å². The molecule has 0 atom stereocenters. The average Bonchev–Trinajstić information content (AvgIpc) is 2.28. The standard InChI is InChI=1S/C7H9N.C6H7NO3S/c1-6-3-2-4-7(8)5-6;7-5-1-3-6(4-2-5)11(8,9)10/h2-5H,8H2,1H3;1-4H,7H2,(H,8,9,10). The monoisotopic (exact) mass is 280 g/mol. The molecule has 2 rings (SSSR count). The van der Waals surface area contributed by atoms with E-state index in [9.17, 15) is 8.42 Å². The van der Waals surface area contributed by atoms with Gasteiger partial charge in [0.15, 0.2) is 0 Å². The van der Waals surface area contributed by atoms with Crippen molar-refractivity contribution in [1.29, 1.82) is 0 Å². The molecule has 6 heteroatoms. The quantitative estimate of drug-likeness (QED) is 0.548. The van der Waals surface area contributed by atoms with Crippen molar-refractivity contribution in [3.63, 3.8) is 0 Å². The number of nitrogens with two attached hydrogens (primary N) is 2. The van der Waals surface area contributed by atoms with Gasteiger partial charge < -0.3 is 11.5 Å². The number of anilines is 2. The molecular weight excluding hydrogens is 264 g/mol. The van der Waals surface area contributed by atoms with Gasteiger partial charge in [0.05, 0.1) is 4.90 Å². The Balaban J connectivity index is 0.000000200. The Bertz CT molecular complexity index is 620. The number of hydrogen-bond acceptors (Lipinski definition) is 4. The first kappa shape index (κ1) is 15.0. The lowest BCUT2D eigenvalue weighted by Gasteiger charge is -1.95. The van der Waals surface area contributed by atoms with Crippen molar-refractivity contribution in [3.8, 4) is 0 Å². The summed E-state index contributed by atoms with van der Waals surface area (Å²) < 4.78 is 29.4. The minimum Gasteiger partial charge on any atom is -0.399 e. The van der Waals surface area contributed by atoms with Gasteiger partial charge in [0.1, 0.15) is 0 Å². The number of hydrogen-bond donors (Lipinski definition) is 3. The minimum absolute atomic E-state index is 0.147. The van der Waals surface area contributed by atoms with Gasteiger partial charge >= 0.3 is 0 Å². The lowest BCUT2D eigenvalue weighted by atomic mass is 10.2. The molecule has 0 aromatic heterocycles. The predicted molar refractivity (Wildman–Crippen MR) is 76.3 cm³/mol. The fraction of sp³-hybridized carbons (Fsp3) is 0.0769. The molecule has 5 nitrogen and oxygen atoms in total. The summed E-state index contributed by atoms with van der Waals surface area (Å²) in [7, 11) is -4.08. The highest BCUT2D eigenvalue weighted by Crippen LogP contribution is 2.10. The van der Waals surface area contributed by atoms with E-state index in [1.807, 2.05) is 31.2 Å². The molecule has 19 heavy (non-hydrogen) atoms. The van der Waals surface area contributed by atoms with Crippen LogP contribution in [0, 0.1) is 6.92 Å². The van der Waals surface area contributed by atoms with Gasteiger partial charge in [-0.2, -0.15) is 8.42 Å². The Hall–Kier alpha value is -2.05. The fourth-order valence-corrected chi connectivity index (χ4v) is 1.79. The van der Waals surface area contributed by atoms with Gasteiger partial charge in [-0.15, -0.1) is 0 Å². The SMILES string of the molecule is Cc1cccc(N)c1.Nc1ccc(S(=O)(=O)O)cc1. The molecule has 0 heterocycles. The van der Waals surface area contributed by atoms with Crippen molar-refractivity contribution in [2.75, 3.05) is 11.5 Å². The van der Waals surface area contributed by atoms with Crippen LogP contribution in [-0.2, 0) is 10.1 Å². The zero-order valence-electron chi connectivity index (χ0n) is 10.4. The van der Waals surface area contributed by atoms with E-state index in [0.717, 1.165) is 5.69 Å². The molecule has 102 valence electrons. The highest BCUT2D eigenvalue weighted by molar-refractivity contribution is 7.85. The van der Waals surface area contributed by atoms with Crippen LogP contribution in [0.25, 0.3) is 0 Å². The summed E-state index contributed by atoms with van der Waals surface area (Å²) in [6, 6.07) is 13.1. The van der Waals surface area contributed by atoms with E-state index in [0.29, 0.717) is 5.69 Å². The topological polar surface area (TPSA) is 106 Å². The lowest BCUT2D eigenvalue weighted by Crippen LogP contribution is -1.97. The molecule has 0 aliphatic carbocycles. The number of benzene rings is 2. The zero-order valence-corrected chi connectivity index (χ0v) is 11.3. The van der Waals surface area contributed by atoms with Crippen LogP contribution >= 0.6 is 0 Å². The van der Waals surface area contributed by atoms with E-state index >= 15 is 0 Å². The summed E-state index contributed by atoms with van der Waals surface area (Å²) in [5, 5.41) is 0. The highest BCUT2D eigenvalue weighted by atomic mass is 32.2. The average molecular weight is 280 g/mol. The third-order valence-corrected chi connectivity index (χ3v) is 3.09. The second-order valence-corrected chi connectivity index (χ2v) is 5.38. The third-order valence-electron chi connectivity index (χ3n) is 2.22. The van der Waals surface area contributed by atoms with Crippen molar-refractivity contribution >= 4 is 21.5 Å². The molecule has 0 saturated carbocycles. The molecule has 0 spiro atoms. The summed E-state index contributed by atoms with van der Waals surface area (Å²) in [5.74, 6) is 0. The van der Waals surface area contributed by atoms with Crippen molar-refractivity contribution < 1.29 is 13.0 Å². The van der Waals surface area contributed by atoms with Crippen LogP contribution < -0.4 is 11.5 Å². The van der Waals surface area contributed by atoms with Crippen molar-refractivity contribution in [2.24, 2.45) is 0 Å². The molecule has 0 saturated heterocycles. The fourth-order valence-electron chi connectivity index (χ4n) is 1.31. The van der Waals surface area contributed by atoms with Gasteiger partial charge in [-0.3, -0.25) is 4.55 Å².